The molecule has 0 aliphatic carbocycles. The van der Waals surface area contributed by atoms with E-state index in [0.717, 1.165) is 16.8 Å². The fourth-order valence-electron chi connectivity index (χ4n) is 4.14. The first-order valence-electron chi connectivity index (χ1n) is 9.78. The lowest BCUT2D eigenvalue weighted by atomic mass is 10.1. The zero-order valence-corrected chi connectivity index (χ0v) is 19.1. The number of benzene rings is 2. The first kappa shape index (κ1) is 21.0. The zero-order valence-electron chi connectivity index (χ0n) is 17.5. The summed E-state index contributed by atoms with van der Waals surface area (Å²) in [6.45, 7) is 5.75. The summed E-state index contributed by atoms with van der Waals surface area (Å²) >= 11 is 6.15. The van der Waals surface area contributed by atoms with Gasteiger partial charge in [0.25, 0.3) is 0 Å². The normalized spacial score (nSPS) is 15.8. The number of aromatic nitrogens is 2. The van der Waals surface area contributed by atoms with Crippen LogP contribution >= 0.6 is 11.6 Å². The molecule has 1 aliphatic heterocycles. The Labute approximate surface area is 181 Å². The van der Waals surface area contributed by atoms with E-state index in [4.69, 9.17) is 11.6 Å². The van der Waals surface area contributed by atoms with Crippen LogP contribution in [0.25, 0.3) is 11.0 Å². The molecule has 0 N–H and O–H groups in total. The van der Waals surface area contributed by atoms with Gasteiger partial charge in [0.1, 0.15) is 0 Å². The van der Waals surface area contributed by atoms with Gasteiger partial charge in [-0.3, -0.25) is 9.13 Å². The van der Waals surface area contributed by atoms with Crippen LogP contribution in [-0.2, 0) is 24.1 Å². The van der Waals surface area contributed by atoms with Gasteiger partial charge in [-0.05, 0) is 49.2 Å². The molecular formula is C21H25ClN4O3S. The van der Waals surface area contributed by atoms with Crippen LogP contribution in [0.2, 0.25) is 5.02 Å². The lowest BCUT2D eigenvalue weighted by molar-refractivity contribution is 0.384. The van der Waals surface area contributed by atoms with Crippen molar-refractivity contribution < 1.29 is 8.42 Å². The maximum atomic E-state index is 13.4. The predicted octanol–water partition coefficient (Wildman–Crippen LogP) is 2.66. The van der Waals surface area contributed by atoms with Crippen molar-refractivity contribution in [3.05, 3.63) is 57.0 Å². The Morgan fingerprint density at radius 3 is 2.10 bits per heavy atom. The summed E-state index contributed by atoms with van der Waals surface area (Å²) in [4.78, 5) is 14.7. The van der Waals surface area contributed by atoms with Crippen molar-refractivity contribution in [2.45, 2.75) is 18.7 Å². The molecule has 0 radical (unpaired) electrons. The largest absolute Gasteiger partial charge is 0.369 e. The maximum absolute atomic E-state index is 13.4. The molecule has 1 saturated heterocycles. The summed E-state index contributed by atoms with van der Waals surface area (Å²) in [5, 5.41) is 0.669. The molecule has 0 unspecified atom stereocenters. The molecule has 9 heteroatoms. The maximum Gasteiger partial charge on any atom is 0.328 e. The van der Waals surface area contributed by atoms with E-state index in [1.165, 1.54) is 13.4 Å². The van der Waals surface area contributed by atoms with E-state index in [-0.39, 0.29) is 10.6 Å². The Hall–Kier alpha value is -2.29. The number of anilines is 1. The molecule has 0 spiro atoms. The standard InChI is InChI=1S/C21H25ClN4O3S/c1-14-5-6-16(22)12-17(14)25-7-9-26(10-8-25)30(28,29)20-13-19-18(11-15(20)2)23(3)21(27)24(19)4/h5-6,11-13H,7-10H2,1-4H3. The van der Waals surface area contributed by atoms with Gasteiger partial charge in [-0.1, -0.05) is 17.7 Å². The molecule has 30 heavy (non-hydrogen) atoms. The first-order chi connectivity index (χ1) is 14.1. The second-order valence-electron chi connectivity index (χ2n) is 7.83. The molecular weight excluding hydrogens is 424 g/mol. The lowest BCUT2D eigenvalue weighted by Gasteiger charge is -2.36. The highest BCUT2D eigenvalue weighted by Gasteiger charge is 2.31. The number of hydrogen-bond acceptors (Lipinski definition) is 4. The average molecular weight is 449 g/mol. The van der Waals surface area contributed by atoms with Crippen LogP contribution in [0.15, 0.2) is 40.0 Å². The van der Waals surface area contributed by atoms with Crippen LogP contribution < -0.4 is 10.6 Å². The van der Waals surface area contributed by atoms with Crippen LogP contribution in [0.3, 0.4) is 0 Å². The van der Waals surface area contributed by atoms with Crippen molar-refractivity contribution in [3.8, 4) is 0 Å². The number of aryl methyl sites for hydroxylation is 4. The quantitative estimate of drug-likeness (QED) is 0.617. The van der Waals surface area contributed by atoms with Crippen LogP contribution in [0.4, 0.5) is 5.69 Å². The van der Waals surface area contributed by atoms with Gasteiger partial charge in [0.05, 0.1) is 15.9 Å². The molecule has 0 saturated carbocycles. The Morgan fingerprint density at radius 1 is 0.867 bits per heavy atom. The number of fused-ring (bicyclic) bond motifs is 1. The predicted molar refractivity (Wildman–Crippen MR) is 120 cm³/mol. The molecule has 1 aliphatic rings. The van der Waals surface area contributed by atoms with Crippen molar-refractivity contribution in [2.75, 3.05) is 31.1 Å². The van der Waals surface area contributed by atoms with Crippen LogP contribution in [0.1, 0.15) is 11.1 Å². The summed E-state index contributed by atoms with van der Waals surface area (Å²) < 4.78 is 31.4. The summed E-state index contributed by atoms with van der Waals surface area (Å²) in [7, 11) is -0.327. The molecule has 0 atom stereocenters. The van der Waals surface area contributed by atoms with Crippen molar-refractivity contribution in [1.29, 1.82) is 0 Å². The molecule has 3 aromatic rings. The number of hydrogen-bond donors (Lipinski definition) is 0. The first-order valence-corrected chi connectivity index (χ1v) is 11.6. The highest BCUT2D eigenvalue weighted by atomic mass is 35.5. The zero-order chi connectivity index (χ0) is 21.8. The number of rotatable bonds is 3. The van der Waals surface area contributed by atoms with Gasteiger partial charge >= 0.3 is 5.69 Å². The Bertz CT molecular complexity index is 1300. The third kappa shape index (κ3) is 3.33. The van der Waals surface area contributed by atoms with Crippen molar-refractivity contribution >= 4 is 38.3 Å². The topological polar surface area (TPSA) is 67.6 Å². The fraction of sp³-hybridized carbons (Fsp3) is 0.381. The van der Waals surface area contributed by atoms with E-state index >= 15 is 0 Å². The molecule has 0 bridgehead atoms. The molecule has 4 rings (SSSR count). The number of piperazine rings is 1. The number of imidazole rings is 1. The second kappa shape index (κ2) is 7.44. The number of halogens is 1. The monoisotopic (exact) mass is 448 g/mol. The molecule has 1 fully saturated rings. The van der Waals surface area contributed by atoms with Crippen LogP contribution in [0.5, 0.6) is 0 Å². The average Bonchev–Trinajstić information content (AvgIpc) is 2.93. The van der Waals surface area contributed by atoms with Gasteiger partial charge in [-0.25, -0.2) is 13.2 Å². The lowest BCUT2D eigenvalue weighted by Crippen LogP contribution is -2.49. The van der Waals surface area contributed by atoms with E-state index in [9.17, 15) is 13.2 Å². The van der Waals surface area contributed by atoms with E-state index in [1.807, 2.05) is 25.1 Å². The van der Waals surface area contributed by atoms with Gasteiger partial charge in [0.15, 0.2) is 0 Å². The number of sulfonamides is 1. The summed E-state index contributed by atoms with van der Waals surface area (Å²) in [5.41, 5.74) is 3.94. The van der Waals surface area contributed by atoms with E-state index < -0.39 is 10.0 Å². The van der Waals surface area contributed by atoms with Gasteiger partial charge in [-0.2, -0.15) is 4.31 Å². The molecule has 160 valence electrons. The summed E-state index contributed by atoms with van der Waals surface area (Å²) in [6, 6.07) is 9.15. The van der Waals surface area contributed by atoms with E-state index in [0.29, 0.717) is 42.3 Å². The van der Waals surface area contributed by atoms with Gasteiger partial charge in [-0.15, -0.1) is 0 Å². The summed E-state index contributed by atoms with van der Waals surface area (Å²) in [6.07, 6.45) is 0. The number of nitrogens with zero attached hydrogens (tertiary/aromatic N) is 4. The smallest absolute Gasteiger partial charge is 0.328 e. The van der Waals surface area contributed by atoms with Gasteiger partial charge in [0, 0.05) is 51.0 Å². The molecule has 2 heterocycles. The molecule has 2 aromatic carbocycles. The van der Waals surface area contributed by atoms with Crippen molar-refractivity contribution in [1.82, 2.24) is 13.4 Å². The minimum Gasteiger partial charge on any atom is -0.369 e. The highest BCUT2D eigenvalue weighted by Crippen LogP contribution is 2.29. The van der Waals surface area contributed by atoms with Crippen LogP contribution in [0, 0.1) is 13.8 Å². The third-order valence-electron chi connectivity index (χ3n) is 5.94. The third-order valence-corrected chi connectivity index (χ3v) is 8.21. The molecule has 0 amide bonds. The van der Waals surface area contributed by atoms with Crippen molar-refractivity contribution in [2.24, 2.45) is 14.1 Å². The molecule has 1 aromatic heterocycles. The Balaban J connectivity index is 1.64. The molecule has 7 nitrogen and oxygen atoms in total. The minimum atomic E-state index is -3.67. The highest BCUT2D eigenvalue weighted by molar-refractivity contribution is 7.89. The van der Waals surface area contributed by atoms with Gasteiger partial charge < -0.3 is 4.90 Å². The second-order valence-corrected chi connectivity index (χ2v) is 10.2. The Kier molecular flexibility index (Phi) is 5.20. The van der Waals surface area contributed by atoms with Crippen LogP contribution in [-0.4, -0.2) is 48.0 Å². The fourth-order valence-corrected chi connectivity index (χ4v) is 5.95. The van der Waals surface area contributed by atoms with E-state index in [1.54, 1.807) is 33.2 Å². The Morgan fingerprint density at radius 2 is 1.47 bits per heavy atom. The minimum absolute atomic E-state index is 0.176. The van der Waals surface area contributed by atoms with Gasteiger partial charge in [0.2, 0.25) is 10.0 Å². The van der Waals surface area contributed by atoms with E-state index in [2.05, 4.69) is 4.90 Å². The van der Waals surface area contributed by atoms with Crippen molar-refractivity contribution in [3.63, 3.8) is 0 Å². The summed E-state index contributed by atoms with van der Waals surface area (Å²) in [5.74, 6) is 0. The SMILES string of the molecule is Cc1ccc(Cl)cc1N1CCN(S(=O)(=O)c2cc3c(cc2C)n(C)c(=O)n3C)CC1.